The molecule has 0 aliphatic heterocycles. The lowest BCUT2D eigenvalue weighted by atomic mass is 10.1. The van der Waals surface area contributed by atoms with Gasteiger partial charge in [0.2, 0.25) is 5.78 Å². The maximum absolute atomic E-state index is 12.6. The molecule has 2 aromatic carbocycles. The summed E-state index contributed by atoms with van der Waals surface area (Å²) in [4.78, 5) is 17.1. The number of ketones is 1. The molecule has 3 aromatic rings. The maximum atomic E-state index is 12.6. The van der Waals surface area contributed by atoms with Crippen molar-refractivity contribution in [2.24, 2.45) is 5.16 Å². The number of halogens is 3. The molecular formula is C22H18F3NO4. The molecule has 0 unspecified atom stereocenters. The molecule has 0 bridgehead atoms. The summed E-state index contributed by atoms with van der Waals surface area (Å²) in [5, 5.41) is 3.99. The number of furan rings is 1. The first kappa shape index (κ1) is 21.2. The number of hydrogen-bond acceptors (Lipinski definition) is 5. The van der Waals surface area contributed by atoms with Crippen LogP contribution >= 0.6 is 0 Å². The van der Waals surface area contributed by atoms with Gasteiger partial charge in [-0.2, -0.15) is 13.2 Å². The van der Waals surface area contributed by atoms with E-state index in [0.29, 0.717) is 17.0 Å². The van der Waals surface area contributed by atoms with E-state index in [1.54, 1.807) is 43.3 Å². The normalized spacial score (nSPS) is 11.9. The predicted molar refractivity (Wildman–Crippen MR) is 103 cm³/mol. The number of ether oxygens (including phenoxy) is 1. The summed E-state index contributed by atoms with van der Waals surface area (Å²) in [6.45, 7) is 1.64. The van der Waals surface area contributed by atoms with E-state index in [2.05, 4.69) is 5.16 Å². The summed E-state index contributed by atoms with van der Waals surface area (Å²) in [6, 6.07) is 14.8. The van der Waals surface area contributed by atoms with Gasteiger partial charge in [0, 0.05) is 0 Å². The third-order valence-corrected chi connectivity index (χ3v) is 4.15. The summed E-state index contributed by atoms with van der Waals surface area (Å²) in [5.74, 6) is 0.482. The average Bonchev–Trinajstić information content (AvgIpc) is 3.27. The largest absolute Gasteiger partial charge is 0.485 e. The van der Waals surface area contributed by atoms with Gasteiger partial charge in [-0.05, 0) is 66.6 Å². The van der Waals surface area contributed by atoms with Crippen molar-refractivity contribution < 1.29 is 32.0 Å². The zero-order valence-electron chi connectivity index (χ0n) is 16.0. The van der Waals surface area contributed by atoms with Crippen LogP contribution in [-0.2, 0) is 17.6 Å². The Balaban J connectivity index is 1.50. The smallest absolute Gasteiger partial charge is 0.416 e. The summed E-state index contributed by atoms with van der Waals surface area (Å²) in [5.41, 5.74) is 1.22. The maximum Gasteiger partial charge on any atom is 0.416 e. The first-order valence-corrected chi connectivity index (χ1v) is 8.95. The number of alkyl halides is 3. The monoisotopic (exact) mass is 417 g/mol. The van der Waals surface area contributed by atoms with Gasteiger partial charge in [-0.15, -0.1) is 0 Å². The van der Waals surface area contributed by atoms with E-state index in [1.165, 1.54) is 18.4 Å². The number of hydrogen-bond donors (Lipinski definition) is 0. The standard InChI is InChI=1S/C22H18F3NO4/c1-15(26-30-13-16-4-8-18(9-5-16)22(23,24)25)17-6-10-19(11-7-17)29-14-20(27)21-3-2-12-28-21/h2-12H,13-14H2,1H3. The van der Waals surface area contributed by atoms with E-state index >= 15 is 0 Å². The topological polar surface area (TPSA) is 61.0 Å². The van der Waals surface area contributed by atoms with Crippen molar-refractivity contribution in [1.29, 1.82) is 0 Å². The van der Waals surface area contributed by atoms with Gasteiger partial charge in [0.1, 0.15) is 12.4 Å². The molecule has 1 aromatic heterocycles. The molecule has 8 heteroatoms. The Kier molecular flexibility index (Phi) is 6.56. The second-order valence-electron chi connectivity index (χ2n) is 6.36. The van der Waals surface area contributed by atoms with Crippen LogP contribution in [-0.4, -0.2) is 18.1 Å². The molecular weight excluding hydrogens is 399 g/mol. The van der Waals surface area contributed by atoms with Gasteiger partial charge in [0.05, 0.1) is 17.5 Å². The molecule has 156 valence electrons. The Hall–Kier alpha value is -3.55. The van der Waals surface area contributed by atoms with Crippen LogP contribution in [0.5, 0.6) is 5.75 Å². The van der Waals surface area contributed by atoms with Crippen LogP contribution in [0.25, 0.3) is 0 Å². The Labute approximate surface area is 170 Å². The quantitative estimate of drug-likeness (QED) is 0.276. The highest BCUT2D eigenvalue weighted by atomic mass is 19.4. The fourth-order valence-electron chi connectivity index (χ4n) is 2.50. The summed E-state index contributed by atoms with van der Waals surface area (Å²) in [6.07, 6.45) is -2.94. The number of rotatable bonds is 8. The van der Waals surface area contributed by atoms with Crippen molar-refractivity contribution in [1.82, 2.24) is 0 Å². The van der Waals surface area contributed by atoms with Crippen LogP contribution in [0, 0.1) is 0 Å². The van der Waals surface area contributed by atoms with E-state index in [4.69, 9.17) is 14.0 Å². The number of Topliss-reactive ketones (excluding diaryl/α,β-unsaturated/α-hetero) is 1. The lowest BCUT2D eigenvalue weighted by Gasteiger charge is -2.08. The lowest BCUT2D eigenvalue weighted by Crippen LogP contribution is -2.10. The van der Waals surface area contributed by atoms with Crippen molar-refractivity contribution in [3.63, 3.8) is 0 Å². The third kappa shape index (κ3) is 5.73. The third-order valence-electron chi connectivity index (χ3n) is 4.15. The minimum absolute atomic E-state index is 0.0472. The molecule has 1 heterocycles. The zero-order chi connectivity index (χ0) is 21.6. The van der Waals surface area contributed by atoms with Gasteiger partial charge < -0.3 is 14.0 Å². The Morgan fingerprint density at radius 1 is 1.03 bits per heavy atom. The van der Waals surface area contributed by atoms with E-state index in [-0.39, 0.29) is 24.8 Å². The molecule has 0 saturated carbocycles. The van der Waals surface area contributed by atoms with Gasteiger partial charge in [0.25, 0.3) is 0 Å². The summed E-state index contributed by atoms with van der Waals surface area (Å²) in [7, 11) is 0. The summed E-state index contributed by atoms with van der Waals surface area (Å²) < 4.78 is 48.1. The molecule has 0 aliphatic carbocycles. The Morgan fingerprint density at radius 3 is 2.33 bits per heavy atom. The van der Waals surface area contributed by atoms with Crippen LogP contribution in [0.3, 0.4) is 0 Å². The van der Waals surface area contributed by atoms with Crippen molar-refractivity contribution in [2.45, 2.75) is 19.7 Å². The van der Waals surface area contributed by atoms with Gasteiger partial charge in [-0.25, -0.2) is 0 Å². The van der Waals surface area contributed by atoms with Crippen molar-refractivity contribution in [2.75, 3.05) is 6.61 Å². The van der Waals surface area contributed by atoms with Crippen LogP contribution < -0.4 is 4.74 Å². The average molecular weight is 417 g/mol. The number of carbonyl (C=O) groups is 1. The molecule has 3 rings (SSSR count). The van der Waals surface area contributed by atoms with Crippen LogP contribution in [0.2, 0.25) is 0 Å². The molecule has 30 heavy (non-hydrogen) atoms. The molecule has 0 saturated heterocycles. The van der Waals surface area contributed by atoms with Crippen molar-refractivity contribution in [3.05, 3.63) is 89.4 Å². The Morgan fingerprint density at radius 2 is 1.73 bits per heavy atom. The van der Waals surface area contributed by atoms with Gasteiger partial charge in [-0.3, -0.25) is 4.79 Å². The number of benzene rings is 2. The van der Waals surface area contributed by atoms with Crippen molar-refractivity contribution >= 4 is 11.5 Å². The van der Waals surface area contributed by atoms with E-state index < -0.39 is 11.7 Å². The van der Waals surface area contributed by atoms with Gasteiger partial charge in [-0.1, -0.05) is 17.3 Å². The molecule has 0 N–H and O–H groups in total. The first-order chi connectivity index (χ1) is 14.3. The molecule has 0 spiro atoms. The first-order valence-electron chi connectivity index (χ1n) is 8.95. The summed E-state index contributed by atoms with van der Waals surface area (Å²) >= 11 is 0. The second-order valence-corrected chi connectivity index (χ2v) is 6.36. The Bertz CT molecular complexity index is 992. The molecule has 0 amide bonds. The fourth-order valence-corrected chi connectivity index (χ4v) is 2.50. The minimum atomic E-state index is -4.37. The predicted octanol–water partition coefficient (Wildman–Crippen LogP) is 5.50. The van der Waals surface area contributed by atoms with Crippen LogP contribution in [0.1, 0.15) is 34.2 Å². The van der Waals surface area contributed by atoms with E-state index in [1.807, 2.05) is 0 Å². The fraction of sp³-hybridized carbons (Fsp3) is 0.182. The highest BCUT2D eigenvalue weighted by Gasteiger charge is 2.29. The zero-order valence-corrected chi connectivity index (χ0v) is 16.0. The second kappa shape index (κ2) is 9.30. The lowest BCUT2D eigenvalue weighted by molar-refractivity contribution is -0.137. The van der Waals surface area contributed by atoms with Gasteiger partial charge >= 0.3 is 6.18 Å². The van der Waals surface area contributed by atoms with Crippen LogP contribution in [0.4, 0.5) is 13.2 Å². The minimum Gasteiger partial charge on any atom is -0.485 e. The highest BCUT2D eigenvalue weighted by molar-refractivity contribution is 5.98. The number of oxime groups is 1. The number of nitrogens with zero attached hydrogens (tertiary/aromatic N) is 1. The molecule has 0 radical (unpaired) electrons. The van der Waals surface area contributed by atoms with Gasteiger partial charge in [0.15, 0.2) is 12.4 Å². The number of carbonyl (C=O) groups excluding carboxylic acids is 1. The highest BCUT2D eigenvalue weighted by Crippen LogP contribution is 2.29. The van der Waals surface area contributed by atoms with Crippen molar-refractivity contribution in [3.8, 4) is 5.75 Å². The van der Waals surface area contributed by atoms with Crippen LogP contribution in [0.15, 0.2) is 76.5 Å². The molecule has 0 aliphatic rings. The SMILES string of the molecule is CC(=NOCc1ccc(C(F)(F)F)cc1)c1ccc(OCC(=O)c2ccco2)cc1. The van der Waals surface area contributed by atoms with E-state index in [9.17, 15) is 18.0 Å². The molecule has 5 nitrogen and oxygen atoms in total. The van der Waals surface area contributed by atoms with E-state index in [0.717, 1.165) is 17.7 Å². The molecule has 0 fully saturated rings. The molecule has 0 atom stereocenters.